The van der Waals surface area contributed by atoms with Crippen LogP contribution < -0.4 is 5.73 Å². The van der Waals surface area contributed by atoms with Crippen LogP contribution in [0.3, 0.4) is 0 Å². The minimum Gasteiger partial charge on any atom is -0.457 e. The van der Waals surface area contributed by atoms with Crippen LogP contribution in [0.4, 0.5) is 5.69 Å². The van der Waals surface area contributed by atoms with Crippen molar-refractivity contribution in [2.45, 2.75) is 6.61 Å². The summed E-state index contributed by atoms with van der Waals surface area (Å²) in [5.41, 5.74) is 7.56. The number of esters is 1. The maximum Gasteiger partial charge on any atom is 0.339 e. The molecule has 0 saturated heterocycles. The fourth-order valence-corrected chi connectivity index (χ4v) is 1.92. The lowest BCUT2D eigenvalue weighted by molar-refractivity contribution is 0.0473. The molecule has 0 unspecified atom stereocenters. The number of hydrogen-bond donors (Lipinski definition) is 1. The lowest BCUT2D eigenvalue weighted by atomic mass is 10.1. The number of carbonyl (C=O) groups excluding carboxylic acids is 1. The van der Waals surface area contributed by atoms with Crippen molar-refractivity contribution in [2.24, 2.45) is 0 Å². The largest absolute Gasteiger partial charge is 0.457 e. The molecule has 2 N–H and O–H groups in total. The molecule has 0 saturated carbocycles. The molecule has 5 heteroatoms. The van der Waals surface area contributed by atoms with Crippen LogP contribution in [-0.2, 0) is 11.3 Å². The first-order valence-electron chi connectivity index (χ1n) is 5.81. The van der Waals surface area contributed by atoms with Crippen molar-refractivity contribution >= 4 is 23.3 Å². The second-order valence-corrected chi connectivity index (χ2v) is 4.53. The quantitative estimate of drug-likeness (QED) is 0.694. The number of nitrogen functional groups attached to an aromatic ring is 1. The molecule has 4 nitrogen and oxygen atoms in total. The Kier molecular flexibility index (Phi) is 4.24. The summed E-state index contributed by atoms with van der Waals surface area (Å²) in [6.07, 6.45) is 0. The minimum absolute atomic E-state index is 0.0784. The Morgan fingerprint density at radius 3 is 2.80 bits per heavy atom. The van der Waals surface area contributed by atoms with Gasteiger partial charge in [-0.3, -0.25) is 0 Å². The summed E-state index contributed by atoms with van der Waals surface area (Å²) in [5.74, 6) is -0.530. The van der Waals surface area contributed by atoms with E-state index in [2.05, 4.69) is 0 Å². The van der Waals surface area contributed by atoms with Crippen LogP contribution in [0.1, 0.15) is 21.5 Å². The number of rotatable bonds is 3. The Morgan fingerprint density at radius 1 is 1.30 bits per heavy atom. The molecule has 0 amide bonds. The average molecular weight is 287 g/mol. The number of carbonyl (C=O) groups is 1. The fourth-order valence-electron chi connectivity index (χ4n) is 1.65. The molecule has 0 aliphatic heterocycles. The molecule has 0 aliphatic carbocycles. The van der Waals surface area contributed by atoms with Crippen molar-refractivity contribution in [3.8, 4) is 6.07 Å². The highest BCUT2D eigenvalue weighted by Crippen LogP contribution is 2.20. The minimum atomic E-state index is -0.530. The third kappa shape index (κ3) is 3.28. The Labute approximate surface area is 121 Å². The standard InChI is InChI=1S/C15H11ClN2O2/c16-14-7-12(18)4-5-13(14)15(19)20-9-11-3-1-2-10(6-11)8-17/h1-7H,9,18H2. The first-order valence-corrected chi connectivity index (χ1v) is 6.19. The van der Waals surface area contributed by atoms with Gasteiger partial charge >= 0.3 is 5.97 Å². The summed E-state index contributed by atoms with van der Waals surface area (Å²) < 4.78 is 5.16. The number of nitrogens with two attached hydrogens (primary N) is 1. The first kappa shape index (κ1) is 13.9. The number of hydrogen-bond acceptors (Lipinski definition) is 4. The van der Waals surface area contributed by atoms with E-state index in [1.54, 1.807) is 30.3 Å². The molecular formula is C15H11ClN2O2. The number of anilines is 1. The highest BCUT2D eigenvalue weighted by molar-refractivity contribution is 6.33. The number of nitrogens with zero attached hydrogens (tertiary/aromatic N) is 1. The molecule has 0 bridgehead atoms. The predicted octanol–water partition coefficient (Wildman–Crippen LogP) is 3.15. The van der Waals surface area contributed by atoms with E-state index in [9.17, 15) is 4.79 Å². The molecule has 100 valence electrons. The van der Waals surface area contributed by atoms with Gasteiger partial charge in [-0.05, 0) is 35.9 Å². The van der Waals surface area contributed by atoms with E-state index in [1.165, 1.54) is 12.1 Å². The van der Waals surface area contributed by atoms with Gasteiger partial charge in [0.2, 0.25) is 0 Å². The fraction of sp³-hybridized carbons (Fsp3) is 0.0667. The van der Waals surface area contributed by atoms with Crippen LogP contribution in [0.5, 0.6) is 0 Å². The molecule has 0 radical (unpaired) electrons. The molecule has 2 aromatic carbocycles. The zero-order valence-electron chi connectivity index (χ0n) is 10.5. The summed E-state index contributed by atoms with van der Waals surface area (Å²) >= 11 is 5.93. The van der Waals surface area contributed by atoms with Crippen LogP contribution in [-0.4, -0.2) is 5.97 Å². The van der Waals surface area contributed by atoms with Crippen molar-refractivity contribution in [2.75, 3.05) is 5.73 Å². The Balaban J connectivity index is 2.07. The topological polar surface area (TPSA) is 76.1 Å². The van der Waals surface area contributed by atoms with Gasteiger partial charge in [-0.25, -0.2) is 4.79 Å². The van der Waals surface area contributed by atoms with Crippen LogP contribution >= 0.6 is 11.6 Å². The highest BCUT2D eigenvalue weighted by Gasteiger charge is 2.12. The Bertz CT molecular complexity index is 693. The molecule has 2 rings (SSSR count). The number of halogens is 1. The van der Waals surface area contributed by atoms with Crippen LogP contribution in [0.2, 0.25) is 5.02 Å². The summed E-state index contributed by atoms with van der Waals surface area (Å²) in [6.45, 7) is 0.0784. The first-order chi connectivity index (χ1) is 9.60. The number of benzene rings is 2. The zero-order chi connectivity index (χ0) is 14.5. The lowest BCUT2D eigenvalue weighted by Crippen LogP contribution is -2.06. The molecule has 20 heavy (non-hydrogen) atoms. The number of ether oxygens (including phenoxy) is 1. The van der Waals surface area contributed by atoms with Crippen LogP contribution in [0, 0.1) is 11.3 Å². The van der Waals surface area contributed by atoms with E-state index < -0.39 is 5.97 Å². The van der Waals surface area contributed by atoms with Gasteiger partial charge in [0.1, 0.15) is 6.61 Å². The summed E-state index contributed by atoms with van der Waals surface area (Å²) in [4.78, 5) is 11.9. The lowest BCUT2D eigenvalue weighted by Gasteiger charge is -2.07. The highest BCUT2D eigenvalue weighted by atomic mass is 35.5. The predicted molar refractivity (Wildman–Crippen MR) is 76.1 cm³/mol. The molecule has 0 heterocycles. The monoisotopic (exact) mass is 286 g/mol. The summed E-state index contributed by atoms with van der Waals surface area (Å²) in [6, 6.07) is 13.5. The van der Waals surface area contributed by atoms with Gasteiger partial charge in [0.05, 0.1) is 22.2 Å². The molecular weight excluding hydrogens is 276 g/mol. The van der Waals surface area contributed by atoms with Crippen LogP contribution in [0.25, 0.3) is 0 Å². The van der Waals surface area contributed by atoms with E-state index in [0.29, 0.717) is 11.3 Å². The zero-order valence-corrected chi connectivity index (χ0v) is 11.2. The SMILES string of the molecule is N#Cc1cccc(COC(=O)c2ccc(N)cc2Cl)c1. The van der Waals surface area contributed by atoms with Crippen molar-refractivity contribution < 1.29 is 9.53 Å². The van der Waals surface area contributed by atoms with Gasteiger partial charge in [0, 0.05) is 5.69 Å². The van der Waals surface area contributed by atoms with Crippen molar-refractivity contribution in [3.63, 3.8) is 0 Å². The normalized spacial score (nSPS) is 9.80. The van der Waals surface area contributed by atoms with Crippen molar-refractivity contribution in [3.05, 3.63) is 64.2 Å². The summed E-state index contributed by atoms with van der Waals surface area (Å²) in [5, 5.41) is 9.04. The molecule has 0 aliphatic rings. The Morgan fingerprint density at radius 2 is 2.10 bits per heavy atom. The van der Waals surface area contributed by atoms with Gasteiger partial charge in [-0.1, -0.05) is 23.7 Å². The van der Waals surface area contributed by atoms with Gasteiger partial charge in [0.15, 0.2) is 0 Å². The number of nitriles is 1. The molecule has 0 fully saturated rings. The van der Waals surface area contributed by atoms with Gasteiger partial charge in [0.25, 0.3) is 0 Å². The molecule has 0 spiro atoms. The smallest absolute Gasteiger partial charge is 0.339 e. The molecule has 2 aromatic rings. The van der Waals surface area contributed by atoms with E-state index in [0.717, 1.165) is 5.56 Å². The molecule has 0 aromatic heterocycles. The van der Waals surface area contributed by atoms with Gasteiger partial charge in [-0.15, -0.1) is 0 Å². The van der Waals surface area contributed by atoms with E-state index in [-0.39, 0.29) is 17.2 Å². The Hall–Kier alpha value is -2.51. The van der Waals surface area contributed by atoms with E-state index in [1.807, 2.05) is 6.07 Å². The maximum absolute atomic E-state index is 11.9. The van der Waals surface area contributed by atoms with Crippen molar-refractivity contribution in [1.82, 2.24) is 0 Å². The van der Waals surface area contributed by atoms with Gasteiger partial charge in [-0.2, -0.15) is 5.26 Å². The maximum atomic E-state index is 11.9. The van der Waals surface area contributed by atoms with Crippen LogP contribution in [0.15, 0.2) is 42.5 Å². The van der Waals surface area contributed by atoms with Crippen molar-refractivity contribution in [1.29, 1.82) is 5.26 Å². The van der Waals surface area contributed by atoms with Gasteiger partial charge < -0.3 is 10.5 Å². The van der Waals surface area contributed by atoms with E-state index in [4.69, 9.17) is 27.3 Å². The second kappa shape index (κ2) is 6.09. The van der Waals surface area contributed by atoms with E-state index >= 15 is 0 Å². The summed E-state index contributed by atoms with van der Waals surface area (Å²) in [7, 11) is 0. The molecule has 0 atom stereocenters. The second-order valence-electron chi connectivity index (χ2n) is 4.13. The third-order valence-electron chi connectivity index (χ3n) is 2.64. The third-order valence-corrected chi connectivity index (χ3v) is 2.95. The average Bonchev–Trinajstić information content (AvgIpc) is 2.45.